The van der Waals surface area contributed by atoms with E-state index in [2.05, 4.69) is 19.9 Å². The number of fused-ring (bicyclic) bond motifs is 5. The molecule has 0 aromatic rings. The van der Waals surface area contributed by atoms with Crippen LogP contribution in [0.5, 0.6) is 0 Å². The fourth-order valence-corrected chi connectivity index (χ4v) is 16.2. The van der Waals surface area contributed by atoms with Crippen molar-refractivity contribution in [2.75, 3.05) is 13.7 Å². The topological polar surface area (TPSA) is 405 Å². The molecule has 0 spiro atoms. The molecule has 0 radical (unpaired) electrons. The van der Waals surface area contributed by atoms with Crippen LogP contribution in [0, 0.1) is 40.4 Å². The van der Waals surface area contributed by atoms with Crippen molar-refractivity contribution in [3.05, 3.63) is 11.6 Å². The van der Waals surface area contributed by atoms with Gasteiger partial charge in [-0.1, -0.05) is 39.3 Å². The zero-order valence-electron chi connectivity index (χ0n) is 49.9. The summed E-state index contributed by atoms with van der Waals surface area (Å²) in [6.07, 6.45) is -33.2. The molecule has 33 unspecified atom stereocenters. The van der Waals surface area contributed by atoms with Gasteiger partial charge in [-0.25, -0.2) is 4.18 Å². The van der Waals surface area contributed by atoms with Gasteiger partial charge in [0, 0.05) is 19.4 Å². The Morgan fingerprint density at radius 1 is 0.635 bits per heavy atom. The molecule has 9 aliphatic rings. The Bertz CT molecular complexity index is 2420. The summed E-state index contributed by atoms with van der Waals surface area (Å²) in [6.45, 7) is 15.2. The van der Waals surface area contributed by atoms with Crippen LogP contribution in [0.15, 0.2) is 11.6 Å². The van der Waals surface area contributed by atoms with Crippen LogP contribution in [0.3, 0.4) is 0 Å². The average Bonchev–Trinajstić information content (AvgIpc) is 2.00. The van der Waals surface area contributed by atoms with Gasteiger partial charge in [-0.2, -0.15) is 8.42 Å². The summed E-state index contributed by atoms with van der Waals surface area (Å²) in [7, 11) is -3.63. The summed E-state index contributed by atoms with van der Waals surface area (Å²) in [5, 5.41) is 125. The number of rotatable bonds is 18. The zero-order chi connectivity index (χ0) is 62.3. The minimum atomic E-state index is -4.87. The number of aliphatic hydroxyl groups excluding tert-OH is 10. The van der Waals surface area contributed by atoms with E-state index in [-0.39, 0.29) is 48.7 Å². The molecule has 12 N–H and O–H groups in total. The average molecular weight is 1240 g/mol. The number of hydrogen-bond acceptors (Lipinski definition) is 26. The van der Waals surface area contributed by atoms with Crippen LogP contribution in [0.1, 0.15) is 120 Å². The quantitative estimate of drug-likeness (QED) is 0.0579. The number of aliphatic hydroxyl groups is 11. The van der Waals surface area contributed by atoms with Gasteiger partial charge in [0.05, 0.1) is 43.2 Å². The largest absolute Gasteiger partial charge is 0.397 e. The van der Waals surface area contributed by atoms with Crippen molar-refractivity contribution in [1.29, 1.82) is 0 Å². The van der Waals surface area contributed by atoms with Crippen molar-refractivity contribution < 1.29 is 130 Å². The highest BCUT2D eigenvalue weighted by Crippen LogP contribution is 2.67. The maximum absolute atomic E-state index is 13.8. The number of hydrogen-bond donors (Lipinski definition) is 12. The van der Waals surface area contributed by atoms with Crippen LogP contribution >= 0.6 is 0 Å². The molecule has 4 aliphatic carbocycles. The molecule has 5 aliphatic heterocycles. The molecule has 33 atom stereocenters. The number of allylic oxidation sites excluding steroid dienone is 2. The minimum absolute atomic E-state index is 0.0296. The number of ketones is 1. The highest BCUT2D eigenvalue weighted by atomic mass is 32.3. The number of Topliss-reactive ketones (excluding diaryl/α,β-unsaturated/α-hetero) is 1. The first-order valence-corrected chi connectivity index (χ1v) is 31.5. The molecule has 0 bridgehead atoms. The predicted molar refractivity (Wildman–Crippen MR) is 289 cm³/mol. The van der Waals surface area contributed by atoms with Crippen LogP contribution < -0.4 is 0 Å². The molecule has 5 saturated heterocycles. The fraction of sp³-hybridized carbons (Fsp3) is 0.947. The Kier molecular flexibility index (Phi) is 20.9. The summed E-state index contributed by atoms with van der Waals surface area (Å²) in [5.41, 5.74) is -1.60. The predicted octanol–water partition coefficient (Wildman–Crippen LogP) is -0.995. The Morgan fingerprint density at radius 3 is 1.78 bits per heavy atom. The lowest BCUT2D eigenvalue weighted by Crippen LogP contribution is -2.67. The van der Waals surface area contributed by atoms with Crippen LogP contribution in [0.2, 0.25) is 0 Å². The second kappa shape index (κ2) is 26.2. The van der Waals surface area contributed by atoms with Crippen LogP contribution in [0.4, 0.5) is 0 Å². The third kappa shape index (κ3) is 13.3. The van der Waals surface area contributed by atoms with E-state index in [9.17, 15) is 73.9 Å². The second-order valence-corrected chi connectivity index (χ2v) is 27.7. The highest BCUT2D eigenvalue weighted by Gasteiger charge is 2.64. The summed E-state index contributed by atoms with van der Waals surface area (Å²) in [5.74, 6) is -0.970. The Hall–Kier alpha value is -1.60. The number of methoxy groups -OCH3 is 1. The normalized spacial score (nSPS) is 51.3. The summed E-state index contributed by atoms with van der Waals surface area (Å²) in [6, 6.07) is 0. The summed E-state index contributed by atoms with van der Waals surface area (Å²) < 4.78 is 107. The number of ether oxygens (including phenoxy) is 11. The molecule has 8 fully saturated rings. The van der Waals surface area contributed by atoms with Gasteiger partial charge >= 0.3 is 10.4 Å². The van der Waals surface area contributed by atoms with E-state index in [1.165, 1.54) is 34.8 Å². The van der Waals surface area contributed by atoms with Crippen LogP contribution in [0.25, 0.3) is 0 Å². The van der Waals surface area contributed by atoms with E-state index in [0.717, 1.165) is 5.57 Å². The SMILES string of the molecule is COC1C(O)C(C)OC(OC2C(OC3C(O)C(C)OC(OC4CC5C(=CCC6(C)C5CCC6C(C)(O)C(=O)CCC(C)C)C5(C)CCC(OS(=O)(=O)O)CC45)C3O)OCC(OC3OC(C)C(O)C(O)C3OC3OC(C)C(O)C(O)C3O)C2O)C1O. The lowest BCUT2D eigenvalue weighted by atomic mass is 9.47. The van der Waals surface area contributed by atoms with Gasteiger partial charge in [0.15, 0.2) is 37.2 Å². The number of carbonyl (C=O) groups is 1. The monoisotopic (exact) mass is 1240 g/mol. The van der Waals surface area contributed by atoms with E-state index in [1.807, 2.05) is 13.8 Å². The first kappa shape index (κ1) is 67.8. The van der Waals surface area contributed by atoms with Gasteiger partial charge < -0.3 is 108 Å². The standard InChI is InChI=1S/C57H94O27S/c1-22(2)11-14-35(58)57(9,69)34-13-12-29-28-20-32(31-19-27(84-85(70,71)72)15-17-55(31,7)30(28)16-18-56(29,34)8)79-51-45(68)47(39(62)26(6)76-51)81-53-48(82-52-44(67)46(73-10)38(61)25(5)77-52)40(63)33(21-74-53)80-54-49(42(65)37(60)24(4)78-54)83-50-43(66)41(64)36(59)23(3)75-50/h16,22-29,31-34,36-54,59-69H,11-15,17-21H2,1-10H3,(H,70,71,72). The minimum Gasteiger partial charge on any atom is -0.388 e. The maximum atomic E-state index is 13.8. The van der Waals surface area contributed by atoms with Crippen molar-refractivity contribution in [1.82, 2.24) is 0 Å². The van der Waals surface area contributed by atoms with Crippen LogP contribution in [-0.2, 0) is 71.5 Å². The van der Waals surface area contributed by atoms with Crippen LogP contribution in [-0.4, -0.2) is 254 Å². The molecule has 0 aromatic heterocycles. The molecule has 28 heteroatoms. The molecular formula is C57H94O27S. The molecule has 27 nitrogen and oxygen atoms in total. The smallest absolute Gasteiger partial charge is 0.388 e. The summed E-state index contributed by atoms with van der Waals surface area (Å²) >= 11 is 0. The van der Waals surface area contributed by atoms with Gasteiger partial charge in [-0.15, -0.1) is 0 Å². The van der Waals surface area contributed by atoms with Crippen molar-refractivity contribution in [2.24, 2.45) is 40.4 Å². The van der Waals surface area contributed by atoms with E-state index in [1.54, 1.807) is 6.92 Å². The van der Waals surface area contributed by atoms with Gasteiger partial charge in [0.1, 0.15) is 97.2 Å². The van der Waals surface area contributed by atoms with Crippen molar-refractivity contribution in [3.63, 3.8) is 0 Å². The molecule has 9 rings (SSSR count). The fourth-order valence-electron chi connectivity index (χ4n) is 15.7. The Balaban J connectivity index is 0.985. The third-order valence-electron chi connectivity index (χ3n) is 20.8. The Morgan fingerprint density at radius 2 is 1.16 bits per heavy atom. The lowest BCUT2D eigenvalue weighted by Gasteiger charge is -2.60. The molecular weight excluding hydrogens is 1150 g/mol. The maximum Gasteiger partial charge on any atom is 0.397 e. The Labute approximate surface area is 496 Å². The molecule has 85 heavy (non-hydrogen) atoms. The van der Waals surface area contributed by atoms with Gasteiger partial charge in [-0.05, 0) is 120 Å². The second-order valence-electron chi connectivity index (χ2n) is 26.7. The zero-order valence-corrected chi connectivity index (χ0v) is 50.8. The first-order valence-electron chi connectivity index (χ1n) is 30.2. The molecule has 0 amide bonds. The van der Waals surface area contributed by atoms with Crippen molar-refractivity contribution in [3.8, 4) is 0 Å². The van der Waals surface area contributed by atoms with E-state index in [0.29, 0.717) is 38.5 Å². The summed E-state index contributed by atoms with van der Waals surface area (Å²) in [4.78, 5) is 13.8. The van der Waals surface area contributed by atoms with E-state index >= 15 is 0 Å². The number of carbonyl (C=O) groups excluding carboxylic acids is 1. The lowest BCUT2D eigenvalue weighted by molar-refractivity contribution is -0.398. The van der Waals surface area contributed by atoms with Gasteiger partial charge in [0.25, 0.3) is 0 Å². The molecule has 5 heterocycles. The molecule has 490 valence electrons. The van der Waals surface area contributed by atoms with Gasteiger partial charge in [-0.3, -0.25) is 9.35 Å². The van der Waals surface area contributed by atoms with E-state index in [4.69, 9.17) is 56.3 Å². The van der Waals surface area contributed by atoms with E-state index < -0.39 is 199 Å². The first-order chi connectivity index (χ1) is 39.7. The van der Waals surface area contributed by atoms with Gasteiger partial charge in [0.2, 0.25) is 0 Å². The van der Waals surface area contributed by atoms with Crippen molar-refractivity contribution >= 4 is 16.2 Å². The highest BCUT2D eigenvalue weighted by molar-refractivity contribution is 7.80. The van der Waals surface area contributed by atoms with Crippen molar-refractivity contribution in [2.45, 2.75) is 285 Å². The molecule has 3 saturated carbocycles. The third-order valence-corrected chi connectivity index (χ3v) is 21.3. The molecule has 0 aromatic carbocycles.